The second kappa shape index (κ2) is 14.8. The lowest BCUT2D eigenvalue weighted by Gasteiger charge is -2.48. The Morgan fingerprint density at radius 3 is 1.80 bits per heavy atom. The van der Waals surface area contributed by atoms with E-state index < -0.39 is 18.2 Å². The van der Waals surface area contributed by atoms with Crippen molar-refractivity contribution in [1.82, 2.24) is 4.90 Å². The summed E-state index contributed by atoms with van der Waals surface area (Å²) >= 11 is 0. The molecule has 0 bridgehead atoms. The van der Waals surface area contributed by atoms with Gasteiger partial charge >= 0.3 is 0 Å². The monoisotopic (exact) mass is 599 g/mol. The Morgan fingerprint density at radius 1 is 0.705 bits per heavy atom. The van der Waals surface area contributed by atoms with Gasteiger partial charge in [-0.3, -0.25) is 4.90 Å². The lowest BCUT2D eigenvalue weighted by atomic mass is 9.92. The molecule has 0 saturated carbocycles. The molecule has 4 aromatic rings. The third kappa shape index (κ3) is 7.46. The molecule has 2 aliphatic heterocycles. The van der Waals surface area contributed by atoms with E-state index in [1.807, 2.05) is 91.0 Å². The van der Waals surface area contributed by atoms with Crippen LogP contribution >= 0.6 is 0 Å². The van der Waals surface area contributed by atoms with Gasteiger partial charge in [-0.25, -0.2) is 4.39 Å². The zero-order valence-electron chi connectivity index (χ0n) is 24.6. The Kier molecular flexibility index (Phi) is 10.2. The molecule has 0 aliphatic carbocycles. The summed E-state index contributed by atoms with van der Waals surface area (Å²) in [5.41, 5.74) is 3.64. The van der Waals surface area contributed by atoms with Crippen LogP contribution < -0.4 is 9.47 Å². The number of halogens is 1. The molecule has 2 heterocycles. The third-order valence-corrected chi connectivity index (χ3v) is 8.23. The van der Waals surface area contributed by atoms with Gasteiger partial charge in [0, 0.05) is 19.2 Å². The zero-order valence-corrected chi connectivity index (χ0v) is 24.6. The maximum absolute atomic E-state index is 15.0. The van der Waals surface area contributed by atoms with Gasteiger partial charge in [-0.1, -0.05) is 91.0 Å². The lowest BCUT2D eigenvalue weighted by Crippen LogP contribution is -2.64. The average molecular weight is 600 g/mol. The van der Waals surface area contributed by atoms with Crippen molar-refractivity contribution in [3.8, 4) is 11.5 Å². The molecule has 0 spiro atoms. The van der Waals surface area contributed by atoms with E-state index in [4.69, 9.17) is 23.7 Å². The highest BCUT2D eigenvalue weighted by atomic mass is 19.1. The van der Waals surface area contributed by atoms with Gasteiger partial charge in [-0.05, 0) is 34.7 Å². The molecule has 6 rings (SSSR count). The second-order valence-corrected chi connectivity index (χ2v) is 11.1. The maximum atomic E-state index is 15.0. The van der Waals surface area contributed by atoms with E-state index in [-0.39, 0.29) is 25.3 Å². The van der Waals surface area contributed by atoms with Crippen molar-refractivity contribution in [3.05, 3.63) is 131 Å². The zero-order chi connectivity index (χ0) is 30.1. The van der Waals surface area contributed by atoms with E-state index in [1.165, 1.54) is 6.07 Å². The number of fused-ring (bicyclic) bond motifs is 1. The molecular weight excluding hydrogens is 561 g/mol. The van der Waals surface area contributed by atoms with Gasteiger partial charge in [0.1, 0.15) is 18.0 Å². The predicted molar refractivity (Wildman–Crippen MR) is 164 cm³/mol. The summed E-state index contributed by atoms with van der Waals surface area (Å²) in [5.74, 6) is 0.616. The number of likely N-dealkylation sites (tertiary alicyclic amines) is 1. The lowest BCUT2D eigenvalue weighted by molar-refractivity contribution is -0.207. The van der Waals surface area contributed by atoms with Crippen molar-refractivity contribution in [3.63, 3.8) is 0 Å². The molecule has 0 aromatic heterocycles. The average Bonchev–Trinajstić information content (AvgIpc) is 3.53. The normalized spacial score (nSPS) is 21.4. The molecule has 230 valence electrons. The highest BCUT2D eigenvalue weighted by Gasteiger charge is 2.45. The van der Waals surface area contributed by atoms with Crippen molar-refractivity contribution < 1.29 is 33.2 Å². The van der Waals surface area contributed by atoms with Crippen molar-refractivity contribution in [2.45, 2.75) is 50.6 Å². The smallest absolute Gasteiger partial charge is 0.231 e. The third-order valence-electron chi connectivity index (χ3n) is 8.23. The summed E-state index contributed by atoms with van der Waals surface area (Å²) in [5, 5.41) is 10.8. The van der Waals surface area contributed by atoms with Crippen molar-refractivity contribution >= 4 is 0 Å². The van der Waals surface area contributed by atoms with E-state index in [0.29, 0.717) is 56.4 Å². The fraction of sp³-hybridized carbons (Fsp3) is 0.333. The molecular formula is C36H38FNO6. The van der Waals surface area contributed by atoms with Gasteiger partial charge in [0.15, 0.2) is 11.5 Å². The summed E-state index contributed by atoms with van der Waals surface area (Å²) < 4.78 is 45.6. The topological polar surface area (TPSA) is 69.6 Å². The number of aliphatic hydroxyl groups excluding tert-OH is 1. The Hall–Kier alpha value is -3.79. The van der Waals surface area contributed by atoms with Crippen LogP contribution in [0.5, 0.6) is 11.5 Å². The minimum absolute atomic E-state index is 0.0855. The Labute approximate surface area is 257 Å². The number of nitrogens with zero attached hydrogens (tertiary/aromatic N) is 1. The number of hydrogen-bond donors (Lipinski definition) is 1. The Balaban J connectivity index is 1.26. The number of hydrogen-bond acceptors (Lipinski definition) is 7. The van der Waals surface area contributed by atoms with Crippen LogP contribution in [-0.4, -0.2) is 60.8 Å². The Bertz CT molecular complexity index is 1460. The number of benzene rings is 4. The summed E-state index contributed by atoms with van der Waals surface area (Å²) in [6.07, 6.45) is -0.937. The minimum Gasteiger partial charge on any atom is -0.454 e. The first-order chi connectivity index (χ1) is 21.7. The molecule has 0 amide bonds. The van der Waals surface area contributed by atoms with Crippen LogP contribution in [0.1, 0.15) is 22.3 Å². The molecule has 1 N–H and O–H groups in total. The molecule has 2 aliphatic rings. The van der Waals surface area contributed by atoms with Crippen LogP contribution in [0.4, 0.5) is 4.39 Å². The van der Waals surface area contributed by atoms with Crippen LogP contribution in [0, 0.1) is 5.82 Å². The second-order valence-electron chi connectivity index (χ2n) is 11.1. The van der Waals surface area contributed by atoms with Gasteiger partial charge in [0.25, 0.3) is 0 Å². The van der Waals surface area contributed by atoms with E-state index in [2.05, 4.69) is 4.90 Å². The van der Waals surface area contributed by atoms with Gasteiger partial charge < -0.3 is 28.8 Å². The first-order valence-electron chi connectivity index (χ1n) is 15.1. The van der Waals surface area contributed by atoms with Crippen LogP contribution in [0.3, 0.4) is 0 Å². The van der Waals surface area contributed by atoms with E-state index in [9.17, 15) is 9.50 Å². The van der Waals surface area contributed by atoms with Crippen molar-refractivity contribution in [1.29, 1.82) is 0 Å². The van der Waals surface area contributed by atoms with E-state index >= 15 is 0 Å². The summed E-state index contributed by atoms with van der Waals surface area (Å²) in [4.78, 5) is 2.14. The van der Waals surface area contributed by atoms with Gasteiger partial charge in [0.05, 0.1) is 38.6 Å². The van der Waals surface area contributed by atoms with Crippen LogP contribution in [0.2, 0.25) is 0 Å². The standard InChI is InChI=1S/C36H38FNO6/c37-30-19-33-32(43-25-44-33)18-29(30)16-17-38-20-34(40-22-26-10-4-1-5-11-26)36(42-24-28-14-8-3-9-15-28)35(31(38)21-39)41-23-27-12-6-2-7-13-27/h1-15,18-19,31,34-36,39H,16-17,20-25H2/t31-,34+,35-,36-/m1/s1. The van der Waals surface area contributed by atoms with Crippen molar-refractivity contribution in [2.75, 3.05) is 26.5 Å². The Morgan fingerprint density at radius 2 is 1.23 bits per heavy atom. The highest BCUT2D eigenvalue weighted by molar-refractivity contribution is 5.45. The molecule has 8 heteroatoms. The first kappa shape index (κ1) is 30.2. The molecule has 1 fully saturated rings. The van der Waals surface area contributed by atoms with Crippen LogP contribution in [-0.2, 0) is 40.5 Å². The van der Waals surface area contributed by atoms with Gasteiger partial charge in [-0.15, -0.1) is 0 Å². The number of ether oxygens (including phenoxy) is 5. The van der Waals surface area contributed by atoms with E-state index in [1.54, 1.807) is 6.07 Å². The van der Waals surface area contributed by atoms with E-state index in [0.717, 1.165) is 16.7 Å². The molecule has 0 unspecified atom stereocenters. The van der Waals surface area contributed by atoms with Crippen LogP contribution in [0.25, 0.3) is 0 Å². The predicted octanol–water partition coefficient (Wildman–Crippen LogP) is 5.53. The fourth-order valence-corrected chi connectivity index (χ4v) is 5.87. The summed E-state index contributed by atoms with van der Waals surface area (Å²) in [6, 6.07) is 32.7. The highest BCUT2D eigenvalue weighted by Crippen LogP contribution is 2.35. The SMILES string of the molecule is OC[C@@H]1[C@@H](OCc2ccccc2)[C@H](OCc2ccccc2)[C@@H](OCc2ccccc2)CN1CCc1cc2c(cc1F)OCO2. The minimum atomic E-state index is -0.514. The number of piperidine rings is 1. The number of rotatable bonds is 13. The number of aliphatic hydroxyl groups is 1. The molecule has 1 saturated heterocycles. The summed E-state index contributed by atoms with van der Waals surface area (Å²) in [6.45, 7) is 2.02. The fourth-order valence-electron chi connectivity index (χ4n) is 5.87. The molecule has 4 atom stereocenters. The molecule has 7 nitrogen and oxygen atoms in total. The van der Waals surface area contributed by atoms with Crippen molar-refractivity contribution in [2.24, 2.45) is 0 Å². The quantitative estimate of drug-likeness (QED) is 0.217. The largest absolute Gasteiger partial charge is 0.454 e. The molecule has 0 radical (unpaired) electrons. The van der Waals surface area contributed by atoms with Gasteiger partial charge in [-0.2, -0.15) is 0 Å². The summed E-state index contributed by atoms with van der Waals surface area (Å²) in [7, 11) is 0. The van der Waals surface area contributed by atoms with Crippen LogP contribution in [0.15, 0.2) is 103 Å². The maximum Gasteiger partial charge on any atom is 0.231 e. The molecule has 4 aromatic carbocycles. The first-order valence-corrected chi connectivity index (χ1v) is 15.1. The molecule has 44 heavy (non-hydrogen) atoms. The van der Waals surface area contributed by atoms with Gasteiger partial charge in [0.2, 0.25) is 6.79 Å².